The van der Waals surface area contributed by atoms with Gasteiger partial charge in [-0.3, -0.25) is 4.79 Å². The summed E-state index contributed by atoms with van der Waals surface area (Å²) in [5, 5.41) is 14.3. The molecule has 1 amide bonds. The monoisotopic (exact) mass is 420 g/mol. The van der Waals surface area contributed by atoms with E-state index in [9.17, 15) is 9.90 Å². The SMILES string of the molecule is CCCCCCCC(=O)N[C@H](CN(CC)CCC)[C@H](O)c1ccc2c(c1)OCCO2. The highest BCUT2D eigenvalue weighted by Gasteiger charge is 2.26. The molecule has 1 aromatic rings. The summed E-state index contributed by atoms with van der Waals surface area (Å²) in [5.41, 5.74) is 0.736. The van der Waals surface area contributed by atoms with Crippen LogP contribution >= 0.6 is 0 Å². The van der Waals surface area contributed by atoms with Crippen LogP contribution in [0.15, 0.2) is 18.2 Å². The Labute approximate surface area is 181 Å². The number of hydrogen-bond acceptors (Lipinski definition) is 5. The van der Waals surface area contributed by atoms with E-state index in [1.165, 1.54) is 19.3 Å². The van der Waals surface area contributed by atoms with Crippen molar-refractivity contribution < 1.29 is 19.4 Å². The van der Waals surface area contributed by atoms with Crippen LogP contribution in [0.1, 0.15) is 77.4 Å². The molecule has 0 aliphatic carbocycles. The average Bonchev–Trinajstić information content (AvgIpc) is 2.77. The van der Waals surface area contributed by atoms with Gasteiger partial charge in [0.05, 0.1) is 6.04 Å². The number of hydrogen-bond donors (Lipinski definition) is 2. The molecule has 6 heteroatoms. The fourth-order valence-electron chi connectivity index (χ4n) is 3.84. The molecule has 6 nitrogen and oxygen atoms in total. The topological polar surface area (TPSA) is 71.0 Å². The van der Waals surface area contributed by atoms with Gasteiger partial charge in [0.1, 0.15) is 19.3 Å². The molecule has 0 unspecified atom stereocenters. The largest absolute Gasteiger partial charge is 0.486 e. The Balaban J connectivity index is 2.05. The van der Waals surface area contributed by atoms with Crippen LogP contribution in [0.2, 0.25) is 0 Å². The van der Waals surface area contributed by atoms with Crippen LogP contribution < -0.4 is 14.8 Å². The average molecular weight is 421 g/mol. The van der Waals surface area contributed by atoms with E-state index in [-0.39, 0.29) is 11.9 Å². The van der Waals surface area contributed by atoms with Crippen LogP contribution in [0, 0.1) is 0 Å². The molecule has 0 saturated carbocycles. The number of ether oxygens (including phenoxy) is 2. The number of amides is 1. The van der Waals surface area contributed by atoms with Crippen LogP contribution in [-0.4, -0.2) is 54.8 Å². The lowest BCUT2D eigenvalue weighted by Gasteiger charge is -2.31. The molecular weight excluding hydrogens is 380 g/mol. The molecule has 1 aliphatic rings. The van der Waals surface area contributed by atoms with Crippen molar-refractivity contribution in [3.05, 3.63) is 23.8 Å². The molecule has 2 N–H and O–H groups in total. The molecule has 0 fully saturated rings. The summed E-state index contributed by atoms with van der Waals surface area (Å²) in [4.78, 5) is 14.9. The number of carbonyl (C=O) groups excluding carboxylic acids is 1. The fraction of sp³-hybridized carbons (Fsp3) is 0.708. The van der Waals surface area contributed by atoms with Gasteiger partial charge in [0.2, 0.25) is 5.91 Å². The highest BCUT2D eigenvalue weighted by Crippen LogP contribution is 2.33. The quantitative estimate of drug-likeness (QED) is 0.444. The second kappa shape index (κ2) is 13.5. The molecule has 0 radical (unpaired) electrons. The number of aliphatic hydroxyl groups is 1. The number of rotatable bonds is 14. The van der Waals surface area contributed by atoms with E-state index in [1.807, 2.05) is 18.2 Å². The number of benzene rings is 1. The maximum atomic E-state index is 12.6. The standard InChI is InChI=1S/C24H40N2O4/c1-4-7-8-9-10-11-23(27)25-20(18-26(6-3)14-5-2)24(28)19-12-13-21-22(17-19)30-16-15-29-21/h12-13,17,20,24,28H,4-11,14-16,18H2,1-3H3,(H,25,27)/t20-,24-/m1/s1. The highest BCUT2D eigenvalue weighted by atomic mass is 16.6. The maximum absolute atomic E-state index is 12.6. The molecule has 1 heterocycles. The van der Waals surface area contributed by atoms with Gasteiger partial charge < -0.3 is 24.8 Å². The Kier molecular flexibility index (Phi) is 11.0. The van der Waals surface area contributed by atoms with Gasteiger partial charge >= 0.3 is 0 Å². The van der Waals surface area contributed by atoms with E-state index in [2.05, 4.69) is 31.0 Å². The van der Waals surface area contributed by atoms with Crippen molar-refractivity contribution in [2.45, 2.75) is 77.9 Å². The van der Waals surface area contributed by atoms with E-state index in [4.69, 9.17) is 9.47 Å². The zero-order valence-electron chi connectivity index (χ0n) is 19.0. The van der Waals surface area contributed by atoms with Crippen LogP contribution in [0.3, 0.4) is 0 Å². The Morgan fingerprint density at radius 3 is 2.50 bits per heavy atom. The minimum absolute atomic E-state index is 0.0145. The lowest BCUT2D eigenvalue weighted by Crippen LogP contribution is -2.47. The molecule has 0 bridgehead atoms. The predicted molar refractivity (Wildman–Crippen MR) is 120 cm³/mol. The van der Waals surface area contributed by atoms with Crippen molar-refractivity contribution in [1.82, 2.24) is 10.2 Å². The van der Waals surface area contributed by atoms with Crippen molar-refractivity contribution in [1.29, 1.82) is 0 Å². The third-order valence-corrected chi connectivity index (χ3v) is 5.58. The van der Waals surface area contributed by atoms with Gasteiger partial charge in [-0.25, -0.2) is 0 Å². The minimum Gasteiger partial charge on any atom is -0.486 e. The van der Waals surface area contributed by atoms with E-state index in [0.29, 0.717) is 37.7 Å². The van der Waals surface area contributed by atoms with Crippen LogP contribution in [-0.2, 0) is 4.79 Å². The second-order valence-electron chi connectivity index (χ2n) is 8.08. The number of nitrogens with zero attached hydrogens (tertiary/aromatic N) is 1. The molecule has 30 heavy (non-hydrogen) atoms. The molecule has 1 aromatic carbocycles. The molecular formula is C24H40N2O4. The highest BCUT2D eigenvalue weighted by molar-refractivity contribution is 5.76. The smallest absolute Gasteiger partial charge is 0.220 e. The summed E-state index contributed by atoms with van der Waals surface area (Å²) in [5.74, 6) is 1.37. The van der Waals surface area contributed by atoms with Crippen molar-refractivity contribution >= 4 is 5.91 Å². The van der Waals surface area contributed by atoms with Gasteiger partial charge in [-0.15, -0.1) is 0 Å². The zero-order chi connectivity index (χ0) is 21.8. The van der Waals surface area contributed by atoms with E-state index in [1.54, 1.807) is 0 Å². The van der Waals surface area contributed by atoms with Gasteiger partial charge in [-0.1, -0.05) is 52.5 Å². The maximum Gasteiger partial charge on any atom is 0.220 e. The first-order valence-corrected chi connectivity index (χ1v) is 11.7. The third-order valence-electron chi connectivity index (χ3n) is 5.58. The Morgan fingerprint density at radius 1 is 1.07 bits per heavy atom. The van der Waals surface area contributed by atoms with Gasteiger partial charge in [0.15, 0.2) is 11.5 Å². The molecule has 2 atom stereocenters. The van der Waals surface area contributed by atoms with Crippen molar-refractivity contribution in [3.63, 3.8) is 0 Å². The predicted octanol–water partition coefficient (Wildman–Crippen LogP) is 4.07. The number of unbranched alkanes of at least 4 members (excludes halogenated alkanes) is 4. The summed E-state index contributed by atoms with van der Waals surface area (Å²) < 4.78 is 11.3. The van der Waals surface area contributed by atoms with Gasteiger partial charge in [0.25, 0.3) is 0 Å². The summed E-state index contributed by atoms with van der Waals surface area (Å²) in [6.45, 7) is 9.91. The molecule has 2 rings (SSSR count). The normalized spacial score (nSPS) is 15.1. The van der Waals surface area contributed by atoms with Gasteiger partial charge in [-0.05, 0) is 43.6 Å². The summed E-state index contributed by atoms with van der Waals surface area (Å²) in [6.07, 6.45) is 6.29. The number of fused-ring (bicyclic) bond motifs is 1. The molecule has 1 aliphatic heterocycles. The zero-order valence-corrected chi connectivity index (χ0v) is 19.0. The van der Waals surface area contributed by atoms with E-state index < -0.39 is 6.10 Å². The molecule has 0 saturated heterocycles. The van der Waals surface area contributed by atoms with Crippen LogP contribution in [0.25, 0.3) is 0 Å². The van der Waals surface area contributed by atoms with E-state index in [0.717, 1.165) is 37.9 Å². The van der Waals surface area contributed by atoms with Crippen LogP contribution in [0.4, 0.5) is 0 Å². The lowest BCUT2D eigenvalue weighted by molar-refractivity contribution is -0.123. The third kappa shape index (κ3) is 7.80. The van der Waals surface area contributed by atoms with Crippen molar-refractivity contribution in [2.24, 2.45) is 0 Å². The fourth-order valence-corrected chi connectivity index (χ4v) is 3.84. The first-order chi connectivity index (χ1) is 14.6. The number of aliphatic hydroxyl groups excluding tert-OH is 1. The Bertz CT molecular complexity index is 638. The van der Waals surface area contributed by atoms with E-state index >= 15 is 0 Å². The molecule has 0 spiro atoms. The molecule has 170 valence electrons. The summed E-state index contributed by atoms with van der Waals surface area (Å²) in [7, 11) is 0. The van der Waals surface area contributed by atoms with Gasteiger partial charge in [0, 0.05) is 13.0 Å². The van der Waals surface area contributed by atoms with Crippen molar-refractivity contribution in [3.8, 4) is 11.5 Å². The minimum atomic E-state index is -0.809. The summed E-state index contributed by atoms with van der Waals surface area (Å²) >= 11 is 0. The second-order valence-corrected chi connectivity index (χ2v) is 8.08. The lowest BCUT2D eigenvalue weighted by atomic mass is 10.00. The Morgan fingerprint density at radius 2 is 1.80 bits per heavy atom. The first-order valence-electron chi connectivity index (χ1n) is 11.7. The number of carbonyl (C=O) groups is 1. The Hall–Kier alpha value is -1.79. The van der Waals surface area contributed by atoms with Crippen molar-refractivity contribution in [2.75, 3.05) is 32.8 Å². The first kappa shape index (κ1) is 24.5. The van der Waals surface area contributed by atoms with Crippen LogP contribution in [0.5, 0.6) is 11.5 Å². The van der Waals surface area contributed by atoms with Gasteiger partial charge in [-0.2, -0.15) is 0 Å². The number of nitrogens with one attached hydrogen (secondary N) is 1. The molecule has 0 aromatic heterocycles. The number of likely N-dealkylation sites (N-methyl/N-ethyl adjacent to an activating group) is 1. The summed E-state index contributed by atoms with van der Waals surface area (Å²) in [6, 6.07) is 5.16.